The van der Waals surface area contributed by atoms with E-state index < -0.39 is 0 Å². The van der Waals surface area contributed by atoms with Crippen LogP contribution in [-0.2, 0) is 4.74 Å². The van der Waals surface area contributed by atoms with Gasteiger partial charge in [0.2, 0.25) is 0 Å². The van der Waals surface area contributed by atoms with Crippen LogP contribution in [0.2, 0.25) is 0 Å². The maximum absolute atomic E-state index is 5.71. The van der Waals surface area contributed by atoms with Crippen molar-refractivity contribution in [1.82, 2.24) is 14.8 Å². The Bertz CT molecular complexity index is 460. The van der Waals surface area contributed by atoms with Crippen LogP contribution in [0.3, 0.4) is 0 Å². The predicted molar refractivity (Wildman–Crippen MR) is 56.4 cm³/mol. The lowest BCUT2D eigenvalue weighted by molar-refractivity contribution is -0.0366. The van der Waals surface area contributed by atoms with E-state index in [-0.39, 0.29) is 6.23 Å². The highest BCUT2D eigenvalue weighted by Gasteiger charge is 2.17. The number of pyridine rings is 1. The largest absolute Gasteiger partial charge is 0.356 e. The molecule has 1 atom stereocenters. The first-order chi connectivity index (χ1) is 7.45. The highest BCUT2D eigenvalue weighted by molar-refractivity contribution is 5.77. The first kappa shape index (κ1) is 8.85. The number of aromatic nitrogens is 3. The first-order valence-electron chi connectivity index (χ1n) is 5.34. The Morgan fingerprint density at radius 2 is 2.33 bits per heavy atom. The molecule has 2 aromatic rings. The first-order valence-corrected chi connectivity index (χ1v) is 5.34. The number of fused-ring (bicyclic) bond motifs is 1. The van der Waals surface area contributed by atoms with Crippen molar-refractivity contribution in [3.63, 3.8) is 0 Å². The molecule has 1 saturated heterocycles. The minimum absolute atomic E-state index is 0.110. The summed E-state index contributed by atoms with van der Waals surface area (Å²) in [4.78, 5) is 4.08. The van der Waals surface area contributed by atoms with Crippen molar-refractivity contribution in [3.8, 4) is 0 Å². The van der Waals surface area contributed by atoms with Crippen molar-refractivity contribution in [1.29, 1.82) is 0 Å². The third-order valence-electron chi connectivity index (χ3n) is 2.82. The summed E-state index contributed by atoms with van der Waals surface area (Å²) < 4.78 is 7.68. The summed E-state index contributed by atoms with van der Waals surface area (Å²) in [6.45, 7) is 0.844. The molecule has 15 heavy (non-hydrogen) atoms. The zero-order chi connectivity index (χ0) is 10.1. The summed E-state index contributed by atoms with van der Waals surface area (Å²) in [6, 6.07) is 1.99. The Hall–Kier alpha value is -1.42. The monoisotopic (exact) mass is 203 g/mol. The number of nitrogens with zero attached hydrogens (tertiary/aromatic N) is 3. The molecule has 0 N–H and O–H groups in total. The van der Waals surface area contributed by atoms with Gasteiger partial charge in [-0.3, -0.25) is 4.98 Å². The van der Waals surface area contributed by atoms with Crippen molar-refractivity contribution in [2.24, 2.45) is 0 Å². The van der Waals surface area contributed by atoms with Crippen molar-refractivity contribution < 1.29 is 4.74 Å². The molecule has 1 fully saturated rings. The predicted octanol–water partition coefficient (Wildman–Crippen LogP) is 2.13. The molecule has 0 saturated carbocycles. The summed E-state index contributed by atoms with van der Waals surface area (Å²) in [5.41, 5.74) is 1.11. The number of hydrogen-bond donors (Lipinski definition) is 0. The molecular weight excluding hydrogens is 190 g/mol. The van der Waals surface area contributed by atoms with E-state index in [1.807, 2.05) is 23.1 Å². The lowest BCUT2D eigenvalue weighted by atomic mass is 10.2. The molecule has 78 valence electrons. The molecule has 1 unspecified atom stereocenters. The van der Waals surface area contributed by atoms with Crippen LogP contribution in [0.1, 0.15) is 25.5 Å². The van der Waals surface area contributed by atoms with E-state index in [2.05, 4.69) is 10.1 Å². The van der Waals surface area contributed by atoms with E-state index in [1.54, 1.807) is 6.20 Å². The second-order valence-corrected chi connectivity index (χ2v) is 3.84. The van der Waals surface area contributed by atoms with Gasteiger partial charge in [0.05, 0.1) is 11.7 Å². The van der Waals surface area contributed by atoms with Crippen LogP contribution < -0.4 is 0 Å². The van der Waals surface area contributed by atoms with Gasteiger partial charge in [-0.25, -0.2) is 4.68 Å². The summed E-state index contributed by atoms with van der Waals surface area (Å²) in [6.07, 6.45) is 9.03. The van der Waals surface area contributed by atoms with Crippen LogP contribution >= 0.6 is 0 Å². The Morgan fingerprint density at radius 3 is 3.20 bits per heavy atom. The lowest BCUT2D eigenvalue weighted by Gasteiger charge is -2.23. The van der Waals surface area contributed by atoms with Gasteiger partial charge in [-0.2, -0.15) is 5.10 Å². The smallest absolute Gasteiger partial charge is 0.150 e. The fraction of sp³-hybridized carbons (Fsp3) is 0.455. The standard InChI is InChI=1S/C11H13N3O/c1-2-6-15-11(3-1)14-10-4-5-12-7-9(10)8-13-14/h4-5,7-8,11H,1-3,6H2. The fourth-order valence-electron chi connectivity index (χ4n) is 2.04. The normalized spacial score (nSPS) is 22.0. The van der Waals surface area contributed by atoms with Gasteiger partial charge in [-0.15, -0.1) is 0 Å². The van der Waals surface area contributed by atoms with Crippen molar-refractivity contribution in [3.05, 3.63) is 24.7 Å². The van der Waals surface area contributed by atoms with Gasteiger partial charge in [-0.1, -0.05) is 0 Å². The molecule has 3 heterocycles. The second kappa shape index (κ2) is 3.62. The molecule has 2 aromatic heterocycles. The van der Waals surface area contributed by atoms with Gasteiger partial charge in [0, 0.05) is 24.4 Å². The summed E-state index contributed by atoms with van der Waals surface area (Å²) >= 11 is 0. The SMILES string of the molecule is c1cc2c(cn1)cnn2C1CCCCO1. The average molecular weight is 203 g/mol. The van der Waals surface area contributed by atoms with Crippen molar-refractivity contribution in [2.75, 3.05) is 6.61 Å². The lowest BCUT2D eigenvalue weighted by Crippen LogP contribution is -2.18. The van der Waals surface area contributed by atoms with Crippen LogP contribution in [0.4, 0.5) is 0 Å². The van der Waals surface area contributed by atoms with Crippen molar-refractivity contribution >= 4 is 10.9 Å². The zero-order valence-electron chi connectivity index (χ0n) is 8.47. The van der Waals surface area contributed by atoms with Crippen molar-refractivity contribution in [2.45, 2.75) is 25.5 Å². The van der Waals surface area contributed by atoms with Crippen LogP contribution in [0.15, 0.2) is 24.7 Å². The Kier molecular flexibility index (Phi) is 2.14. The molecule has 0 radical (unpaired) electrons. The third kappa shape index (κ3) is 1.51. The Balaban J connectivity index is 2.02. The molecule has 4 heteroatoms. The minimum atomic E-state index is 0.110. The second-order valence-electron chi connectivity index (χ2n) is 3.84. The number of hydrogen-bond acceptors (Lipinski definition) is 3. The molecule has 0 spiro atoms. The summed E-state index contributed by atoms with van der Waals surface area (Å²) in [5, 5.41) is 5.45. The van der Waals surface area contributed by atoms with E-state index in [0.717, 1.165) is 30.4 Å². The van der Waals surface area contributed by atoms with Crippen LogP contribution in [0.5, 0.6) is 0 Å². The van der Waals surface area contributed by atoms with Gasteiger partial charge in [0.1, 0.15) is 0 Å². The molecule has 0 bridgehead atoms. The van der Waals surface area contributed by atoms with Crippen LogP contribution in [-0.4, -0.2) is 21.4 Å². The van der Waals surface area contributed by atoms with E-state index >= 15 is 0 Å². The van der Waals surface area contributed by atoms with Gasteiger partial charge in [0.25, 0.3) is 0 Å². The Labute approximate surface area is 87.9 Å². The van der Waals surface area contributed by atoms with E-state index in [9.17, 15) is 0 Å². The molecule has 1 aliphatic heterocycles. The van der Waals surface area contributed by atoms with Crippen LogP contribution in [0, 0.1) is 0 Å². The Morgan fingerprint density at radius 1 is 1.33 bits per heavy atom. The van der Waals surface area contributed by atoms with Gasteiger partial charge in [0.15, 0.2) is 6.23 Å². The molecule has 0 aliphatic carbocycles. The molecule has 4 nitrogen and oxygen atoms in total. The highest BCUT2D eigenvalue weighted by Crippen LogP contribution is 2.25. The third-order valence-corrected chi connectivity index (χ3v) is 2.82. The fourth-order valence-corrected chi connectivity index (χ4v) is 2.04. The molecule has 3 rings (SSSR count). The molecule has 1 aliphatic rings. The van der Waals surface area contributed by atoms with Gasteiger partial charge >= 0.3 is 0 Å². The van der Waals surface area contributed by atoms with Gasteiger partial charge < -0.3 is 4.74 Å². The summed E-state index contributed by atoms with van der Waals surface area (Å²) in [7, 11) is 0. The zero-order valence-corrected chi connectivity index (χ0v) is 8.47. The van der Waals surface area contributed by atoms with E-state index in [4.69, 9.17) is 4.74 Å². The topological polar surface area (TPSA) is 39.9 Å². The minimum Gasteiger partial charge on any atom is -0.356 e. The summed E-state index contributed by atoms with van der Waals surface area (Å²) in [5.74, 6) is 0. The molecule has 0 aromatic carbocycles. The van der Waals surface area contributed by atoms with E-state index in [0.29, 0.717) is 0 Å². The number of rotatable bonds is 1. The quantitative estimate of drug-likeness (QED) is 0.712. The molecular formula is C11H13N3O. The molecule has 0 amide bonds. The van der Waals surface area contributed by atoms with Crippen LogP contribution in [0.25, 0.3) is 10.9 Å². The highest BCUT2D eigenvalue weighted by atomic mass is 16.5. The average Bonchev–Trinajstić information content (AvgIpc) is 2.74. The maximum Gasteiger partial charge on any atom is 0.150 e. The maximum atomic E-state index is 5.71. The number of ether oxygens (including phenoxy) is 1. The van der Waals surface area contributed by atoms with E-state index in [1.165, 1.54) is 6.42 Å². The van der Waals surface area contributed by atoms with Gasteiger partial charge in [-0.05, 0) is 25.3 Å².